The SMILES string of the molecule is CCOc1ccc(CC(=O)NC2CCN(C(=O)c3ccccc3C)CC2)cc1. The standard InChI is InChI=1S/C23H28N2O3/c1-3-28-20-10-8-18(9-11-20)16-22(26)24-19-12-14-25(15-13-19)23(27)21-7-5-4-6-17(21)2/h4-11,19H,3,12-16H2,1-2H3,(H,24,26). The van der Waals surface area contributed by atoms with Gasteiger partial charge in [0.25, 0.3) is 5.91 Å². The van der Waals surface area contributed by atoms with E-state index in [2.05, 4.69) is 5.32 Å². The lowest BCUT2D eigenvalue weighted by atomic mass is 10.0. The fourth-order valence-corrected chi connectivity index (χ4v) is 3.54. The quantitative estimate of drug-likeness (QED) is 0.836. The molecule has 0 atom stereocenters. The zero-order valence-electron chi connectivity index (χ0n) is 16.6. The second-order valence-electron chi connectivity index (χ2n) is 7.20. The Balaban J connectivity index is 1.46. The van der Waals surface area contributed by atoms with Crippen LogP contribution >= 0.6 is 0 Å². The van der Waals surface area contributed by atoms with Gasteiger partial charge in [-0.3, -0.25) is 9.59 Å². The van der Waals surface area contributed by atoms with E-state index in [4.69, 9.17) is 4.74 Å². The molecule has 1 heterocycles. The summed E-state index contributed by atoms with van der Waals surface area (Å²) >= 11 is 0. The van der Waals surface area contributed by atoms with Crippen LogP contribution in [0.15, 0.2) is 48.5 Å². The lowest BCUT2D eigenvalue weighted by molar-refractivity contribution is -0.121. The highest BCUT2D eigenvalue weighted by atomic mass is 16.5. The molecule has 3 rings (SSSR count). The van der Waals surface area contributed by atoms with Gasteiger partial charge in [0.05, 0.1) is 13.0 Å². The number of ether oxygens (including phenoxy) is 1. The fraction of sp³-hybridized carbons (Fsp3) is 0.391. The summed E-state index contributed by atoms with van der Waals surface area (Å²) in [5.74, 6) is 0.919. The molecule has 1 aliphatic heterocycles. The van der Waals surface area contributed by atoms with Gasteiger partial charge in [-0.15, -0.1) is 0 Å². The first-order chi connectivity index (χ1) is 13.6. The Morgan fingerprint density at radius 3 is 2.39 bits per heavy atom. The predicted molar refractivity (Wildman–Crippen MR) is 110 cm³/mol. The average molecular weight is 380 g/mol. The summed E-state index contributed by atoms with van der Waals surface area (Å²) < 4.78 is 5.42. The van der Waals surface area contributed by atoms with Crippen molar-refractivity contribution in [3.8, 4) is 5.75 Å². The van der Waals surface area contributed by atoms with Crippen LogP contribution in [0.4, 0.5) is 0 Å². The highest BCUT2D eigenvalue weighted by molar-refractivity contribution is 5.95. The molecule has 1 N–H and O–H groups in total. The van der Waals surface area contributed by atoms with E-state index >= 15 is 0 Å². The first-order valence-electron chi connectivity index (χ1n) is 9.93. The summed E-state index contributed by atoms with van der Waals surface area (Å²) in [5.41, 5.74) is 2.73. The number of piperidine rings is 1. The van der Waals surface area contributed by atoms with Crippen molar-refractivity contribution in [2.45, 2.75) is 39.2 Å². The van der Waals surface area contributed by atoms with Crippen LogP contribution < -0.4 is 10.1 Å². The van der Waals surface area contributed by atoms with E-state index in [-0.39, 0.29) is 17.9 Å². The van der Waals surface area contributed by atoms with Gasteiger partial charge in [-0.25, -0.2) is 0 Å². The topological polar surface area (TPSA) is 58.6 Å². The van der Waals surface area contributed by atoms with Crippen LogP contribution in [0, 0.1) is 6.92 Å². The van der Waals surface area contributed by atoms with Crippen LogP contribution in [0.2, 0.25) is 0 Å². The second kappa shape index (κ2) is 9.40. The van der Waals surface area contributed by atoms with E-state index in [0.717, 1.165) is 35.3 Å². The minimum Gasteiger partial charge on any atom is -0.494 e. The van der Waals surface area contributed by atoms with Crippen molar-refractivity contribution in [1.82, 2.24) is 10.2 Å². The highest BCUT2D eigenvalue weighted by Crippen LogP contribution is 2.17. The van der Waals surface area contributed by atoms with E-state index < -0.39 is 0 Å². The van der Waals surface area contributed by atoms with Crippen LogP contribution in [0.5, 0.6) is 5.75 Å². The van der Waals surface area contributed by atoms with Crippen molar-refractivity contribution >= 4 is 11.8 Å². The molecule has 0 aliphatic carbocycles. The molecule has 1 aliphatic rings. The Kier molecular flexibility index (Phi) is 6.69. The van der Waals surface area contributed by atoms with Gasteiger partial charge in [0.2, 0.25) is 5.91 Å². The molecular weight excluding hydrogens is 352 g/mol. The molecule has 0 radical (unpaired) electrons. The lowest BCUT2D eigenvalue weighted by Crippen LogP contribution is -2.47. The third-order valence-corrected chi connectivity index (χ3v) is 5.12. The molecule has 0 spiro atoms. The van der Waals surface area contributed by atoms with Crippen LogP contribution in [0.1, 0.15) is 41.3 Å². The second-order valence-corrected chi connectivity index (χ2v) is 7.20. The highest BCUT2D eigenvalue weighted by Gasteiger charge is 2.25. The minimum absolute atomic E-state index is 0.0211. The predicted octanol–water partition coefficient (Wildman–Crippen LogP) is 3.36. The van der Waals surface area contributed by atoms with Crippen molar-refractivity contribution < 1.29 is 14.3 Å². The monoisotopic (exact) mass is 380 g/mol. The summed E-state index contributed by atoms with van der Waals surface area (Å²) in [4.78, 5) is 26.9. The summed E-state index contributed by atoms with van der Waals surface area (Å²) in [6.45, 7) is 5.87. The number of carbonyl (C=O) groups excluding carboxylic acids is 2. The third kappa shape index (κ3) is 5.12. The summed E-state index contributed by atoms with van der Waals surface area (Å²) in [6, 6.07) is 15.4. The van der Waals surface area contributed by atoms with Crippen molar-refractivity contribution in [2.24, 2.45) is 0 Å². The maximum absolute atomic E-state index is 12.7. The maximum Gasteiger partial charge on any atom is 0.254 e. The molecule has 5 heteroatoms. The summed E-state index contributed by atoms with van der Waals surface area (Å²) in [7, 11) is 0. The molecule has 0 aromatic heterocycles. The molecule has 1 fully saturated rings. The van der Waals surface area contributed by atoms with E-state index in [1.807, 2.05) is 67.3 Å². The normalized spacial score (nSPS) is 14.6. The summed E-state index contributed by atoms with van der Waals surface area (Å²) in [5, 5.41) is 3.11. The van der Waals surface area contributed by atoms with E-state index in [0.29, 0.717) is 26.1 Å². The van der Waals surface area contributed by atoms with Crippen LogP contribution in [0.3, 0.4) is 0 Å². The Morgan fingerprint density at radius 1 is 1.07 bits per heavy atom. The molecule has 2 aromatic carbocycles. The van der Waals surface area contributed by atoms with Crippen LogP contribution in [-0.2, 0) is 11.2 Å². The Morgan fingerprint density at radius 2 is 1.75 bits per heavy atom. The first-order valence-corrected chi connectivity index (χ1v) is 9.93. The van der Waals surface area contributed by atoms with Gasteiger partial charge < -0.3 is 15.0 Å². The lowest BCUT2D eigenvalue weighted by Gasteiger charge is -2.32. The number of aryl methyl sites for hydroxylation is 1. The molecule has 28 heavy (non-hydrogen) atoms. The molecule has 0 saturated carbocycles. The fourth-order valence-electron chi connectivity index (χ4n) is 3.54. The van der Waals surface area contributed by atoms with Gasteiger partial charge in [0.1, 0.15) is 5.75 Å². The number of amides is 2. The molecule has 1 saturated heterocycles. The number of benzene rings is 2. The smallest absolute Gasteiger partial charge is 0.254 e. The van der Waals surface area contributed by atoms with Gasteiger partial charge >= 0.3 is 0 Å². The number of carbonyl (C=O) groups is 2. The number of hydrogen-bond donors (Lipinski definition) is 1. The molecule has 0 unspecified atom stereocenters. The maximum atomic E-state index is 12.7. The van der Waals surface area contributed by atoms with E-state index in [1.165, 1.54) is 0 Å². The number of nitrogens with zero attached hydrogens (tertiary/aromatic N) is 1. The Labute approximate surface area is 166 Å². The molecule has 2 amide bonds. The number of likely N-dealkylation sites (tertiary alicyclic amines) is 1. The zero-order valence-corrected chi connectivity index (χ0v) is 16.6. The van der Waals surface area contributed by atoms with Gasteiger partial charge in [0.15, 0.2) is 0 Å². The number of nitrogens with one attached hydrogen (secondary N) is 1. The van der Waals surface area contributed by atoms with Gasteiger partial charge in [-0.05, 0) is 56.0 Å². The van der Waals surface area contributed by atoms with Gasteiger partial charge in [-0.1, -0.05) is 30.3 Å². The molecule has 148 valence electrons. The van der Waals surface area contributed by atoms with Crippen molar-refractivity contribution in [1.29, 1.82) is 0 Å². The van der Waals surface area contributed by atoms with Crippen LogP contribution in [-0.4, -0.2) is 42.5 Å². The third-order valence-electron chi connectivity index (χ3n) is 5.12. The Hall–Kier alpha value is -2.82. The first kappa shape index (κ1) is 19.9. The van der Waals surface area contributed by atoms with E-state index in [9.17, 15) is 9.59 Å². The molecule has 2 aromatic rings. The average Bonchev–Trinajstić information content (AvgIpc) is 2.70. The number of hydrogen-bond acceptors (Lipinski definition) is 3. The van der Waals surface area contributed by atoms with Crippen molar-refractivity contribution in [2.75, 3.05) is 19.7 Å². The largest absolute Gasteiger partial charge is 0.494 e. The Bertz CT molecular complexity index is 809. The minimum atomic E-state index is 0.0211. The van der Waals surface area contributed by atoms with Gasteiger partial charge in [0, 0.05) is 24.7 Å². The van der Waals surface area contributed by atoms with Crippen LogP contribution in [0.25, 0.3) is 0 Å². The van der Waals surface area contributed by atoms with Crippen molar-refractivity contribution in [3.05, 3.63) is 65.2 Å². The zero-order chi connectivity index (χ0) is 19.9. The van der Waals surface area contributed by atoms with E-state index in [1.54, 1.807) is 0 Å². The molecular formula is C23H28N2O3. The summed E-state index contributed by atoms with van der Waals surface area (Å²) in [6.07, 6.45) is 1.92. The van der Waals surface area contributed by atoms with Gasteiger partial charge in [-0.2, -0.15) is 0 Å². The van der Waals surface area contributed by atoms with Crippen molar-refractivity contribution in [3.63, 3.8) is 0 Å². The molecule has 5 nitrogen and oxygen atoms in total. The molecule has 0 bridgehead atoms. The number of rotatable bonds is 6.